The summed E-state index contributed by atoms with van der Waals surface area (Å²) >= 11 is 0. The van der Waals surface area contributed by atoms with Gasteiger partial charge in [0.15, 0.2) is 0 Å². The van der Waals surface area contributed by atoms with Crippen LogP contribution < -0.4 is 19.6 Å². The number of nitrogens with zero attached hydrogens (tertiary/aromatic N) is 4. The van der Waals surface area contributed by atoms with Gasteiger partial charge in [-0.2, -0.15) is 0 Å². The first kappa shape index (κ1) is 44.2. The van der Waals surface area contributed by atoms with Crippen molar-refractivity contribution in [2.75, 3.05) is 45.8 Å². The number of benzene rings is 7. The number of anilines is 4. The van der Waals surface area contributed by atoms with Crippen LogP contribution >= 0.6 is 0 Å². The molecule has 0 atom stereocenters. The second-order valence-corrected chi connectivity index (χ2v) is 23.0. The van der Waals surface area contributed by atoms with Crippen LogP contribution in [0.3, 0.4) is 0 Å². The topological polar surface area (TPSA) is 81.2 Å². The second kappa shape index (κ2) is 15.4. The normalized spacial score (nSPS) is 18.4. The van der Waals surface area contributed by atoms with Gasteiger partial charge in [0.05, 0.1) is 22.5 Å². The largest absolute Gasteiger partial charge is 0.370 e. The molecule has 0 aliphatic carbocycles. The van der Waals surface area contributed by atoms with Gasteiger partial charge in [-0.25, -0.2) is 9.80 Å². The number of rotatable bonds is 7. The number of fused-ring (bicyclic) bond motifs is 2. The molecule has 7 aromatic rings. The van der Waals surface area contributed by atoms with Crippen LogP contribution in [-0.2, 0) is 0 Å². The molecule has 11 rings (SSSR count). The van der Waals surface area contributed by atoms with E-state index in [0.717, 1.165) is 118 Å². The predicted molar refractivity (Wildman–Crippen MR) is 280 cm³/mol. The molecule has 348 valence electrons. The Hall–Kier alpha value is -6.28. The fourth-order valence-electron chi connectivity index (χ4n) is 12.8. The van der Waals surface area contributed by atoms with E-state index in [1.165, 1.54) is 9.80 Å². The highest BCUT2D eigenvalue weighted by Crippen LogP contribution is 2.54. The van der Waals surface area contributed by atoms with Crippen molar-refractivity contribution in [1.82, 2.24) is 0 Å². The number of hydrogen-bond donors (Lipinski definition) is 0. The predicted octanol–water partition coefficient (Wildman–Crippen LogP) is 14.3. The number of piperidine rings is 2. The summed E-state index contributed by atoms with van der Waals surface area (Å²) in [4.78, 5) is 69.8. The molecule has 4 amide bonds. The molecule has 0 aromatic heterocycles. The molecule has 0 spiro atoms. The van der Waals surface area contributed by atoms with Crippen molar-refractivity contribution in [2.45, 2.75) is 120 Å². The summed E-state index contributed by atoms with van der Waals surface area (Å²) in [6.07, 6.45) is 4.15. The van der Waals surface area contributed by atoms with E-state index in [1.807, 2.05) is 43.3 Å². The van der Waals surface area contributed by atoms with Crippen LogP contribution in [0.25, 0.3) is 43.1 Å². The van der Waals surface area contributed by atoms with Crippen LogP contribution in [0.5, 0.6) is 0 Å². The van der Waals surface area contributed by atoms with Gasteiger partial charge in [-0.3, -0.25) is 19.2 Å². The number of imide groups is 2. The first-order chi connectivity index (χ1) is 32.3. The van der Waals surface area contributed by atoms with Crippen molar-refractivity contribution in [3.05, 3.63) is 117 Å². The lowest BCUT2D eigenvalue weighted by Gasteiger charge is -2.42. The smallest absolute Gasteiger partial charge is 0.266 e. The molecule has 0 N–H and O–H groups in total. The highest BCUT2D eigenvalue weighted by atomic mass is 16.2. The van der Waals surface area contributed by atoms with Gasteiger partial charge < -0.3 is 9.80 Å². The lowest BCUT2D eigenvalue weighted by Crippen LogP contribution is -2.43. The van der Waals surface area contributed by atoms with Gasteiger partial charge in [-0.05, 0) is 118 Å². The molecule has 68 heavy (non-hydrogen) atoms. The number of amides is 4. The molecule has 4 aliphatic rings. The molecule has 8 heteroatoms. The Bertz CT molecular complexity index is 3330. The van der Waals surface area contributed by atoms with Gasteiger partial charge in [0, 0.05) is 81.0 Å². The van der Waals surface area contributed by atoms with Gasteiger partial charge >= 0.3 is 0 Å². The Labute approximate surface area is 400 Å². The van der Waals surface area contributed by atoms with Crippen LogP contribution in [0, 0.1) is 17.8 Å². The molecule has 0 unspecified atom stereocenters. The van der Waals surface area contributed by atoms with Crippen LogP contribution in [0.2, 0.25) is 0 Å². The van der Waals surface area contributed by atoms with Gasteiger partial charge in [-0.15, -0.1) is 0 Å². The monoisotopic (exact) mass is 904 g/mol. The van der Waals surface area contributed by atoms with E-state index < -0.39 is 0 Å². The summed E-state index contributed by atoms with van der Waals surface area (Å²) in [7, 11) is 0. The zero-order valence-electron chi connectivity index (χ0n) is 41.7. The number of hydrogen-bond acceptors (Lipinski definition) is 6. The SMILES string of the molecule is Cc1cccc(C(C)C)c1N1C(=O)c2ccc3c4c(N5CCCC(C)(C)C5)cc5c6c(ccc(c7c(N8CCCC(C)(C)C8)cc(c2c37)C1=O)c64)C(=O)N(c1c(C(C)C)cccc1C(C)C)C5=O. The van der Waals surface area contributed by atoms with E-state index in [1.54, 1.807) is 0 Å². The lowest BCUT2D eigenvalue weighted by molar-refractivity contribution is 0.0877. The molecular formula is C60H64N4O4. The zero-order valence-corrected chi connectivity index (χ0v) is 41.7. The van der Waals surface area contributed by atoms with E-state index in [2.05, 4.69) is 115 Å². The van der Waals surface area contributed by atoms with Crippen molar-refractivity contribution in [2.24, 2.45) is 10.8 Å². The Morgan fingerprint density at radius 2 is 0.838 bits per heavy atom. The Morgan fingerprint density at radius 1 is 0.456 bits per heavy atom. The maximum atomic E-state index is 15.7. The van der Waals surface area contributed by atoms with Crippen molar-refractivity contribution < 1.29 is 19.2 Å². The number of carbonyl (C=O) groups excluding carboxylic acids is 4. The zero-order chi connectivity index (χ0) is 48.0. The number of aryl methyl sites for hydroxylation is 1. The van der Waals surface area contributed by atoms with Crippen molar-refractivity contribution in [3.63, 3.8) is 0 Å². The summed E-state index contributed by atoms with van der Waals surface area (Å²) in [6.45, 7) is 27.1. The van der Waals surface area contributed by atoms with Gasteiger partial charge in [0.2, 0.25) is 0 Å². The first-order valence-corrected chi connectivity index (χ1v) is 25.1. The fourth-order valence-corrected chi connectivity index (χ4v) is 12.8. The quantitative estimate of drug-likeness (QED) is 0.0900. The first-order valence-electron chi connectivity index (χ1n) is 25.1. The summed E-state index contributed by atoms with van der Waals surface area (Å²) in [6, 6.07) is 24.4. The molecule has 0 bridgehead atoms. The maximum absolute atomic E-state index is 15.7. The molecule has 2 fully saturated rings. The summed E-state index contributed by atoms with van der Waals surface area (Å²) in [5.41, 5.74) is 9.12. The minimum Gasteiger partial charge on any atom is -0.370 e. The van der Waals surface area contributed by atoms with Crippen molar-refractivity contribution in [1.29, 1.82) is 0 Å². The van der Waals surface area contributed by atoms with Gasteiger partial charge in [-0.1, -0.05) is 118 Å². The van der Waals surface area contributed by atoms with Crippen LogP contribution in [-0.4, -0.2) is 49.8 Å². The molecule has 0 saturated carbocycles. The molecule has 7 aromatic carbocycles. The van der Waals surface area contributed by atoms with Gasteiger partial charge in [0.1, 0.15) is 0 Å². The molecular weight excluding hydrogens is 841 g/mol. The second-order valence-electron chi connectivity index (χ2n) is 23.0. The fraction of sp³-hybridized carbons (Fsp3) is 0.400. The minimum atomic E-state index is -0.323. The van der Waals surface area contributed by atoms with Crippen LogP contribution in [0.1, 0.15) is 176 Å². The third-order valence-electron chi connectivity index (χ3n) is 16.0. The molecule has 4 heterocycles. The number of carbonyl (C=O) groups is 4. The lowest BCUT2D eigenvalue weighted by atomic mass is 9.78. The average molecular weight is 905 g/mol. The average Bonchev–Trinajstić information content (AvgIpc) is 3.28. The van der Waals surface area contributed by atoms with E-state index in [4.69, 9.17) is 0 Å². The van der Waals surface area contributed by atoms with E-state index in [-0.39, 0.29) is 52.2 Å². The van der Waals surface area contributed by atoms with Crippen LogP contribution in [0.4, 0.5) is 22.7 Å². The minimum absolute atomic E-state index is 0.0108. The number of para-hydroxylation sites is 2. The Kier molecular flexibility index (Phi) is 10.00. The summed E-state index contributed by atoms with van der Waals surface area (Å²) < 4.78 is 0. The summed E-state index contributed by atoms with van der Waals surface area (Å²) in [5, 5.41) is 6.92. The highest BCUT2D eigenvalue weighted by molar-refractivity contribution is 6.48. The standard InChI is InChI=1S/C60H64N4O4/c1-32(2)36-17-12-16-35(7)53(36)63-55(65)41-22-20-39-50-46(62-27-15-25-60(10,11)31-62)29-44-48-42(56(66)64(58(44)68)54-37(33(3)4)18-13-19-38(54)34(5)6)23-21-40(52(48)50)49-45(61-26-14-24-59(8,9)30-61)28-43(57(63)67)47(41)51(39)49/h12-13,16-23,28-29,32-34H,14-15,24-27,30-31H2,1-11H3. The van der Waals surface area contributed by atoms with E-state index >= 15 is 19.2 Å². The van der Waals surface area contributed by atoms with E-state index in [9.17, 15) is 0 Å². The van der Waals surface area contributed by atoms with E-state index in [0.29, 0.717) is 44.4 Å². The molecule has 0 radical (unpaired) electrons. The van der Waals surface area contributed by atoms with Crippen LogP contribution in [0.15, 0.2) is 72.8 Å². The molecule has 8 nitrogen and oxygen atoms in total. The maximum Gasteiger partial charge on any atom is 0.266 e. The summed E-state index contributed by atoms with van der Waals surface area (Å²) in [5.74, 6) is -1.03. The van der Waals surface area contributed by atoms with Crippen molar-refractivity contribution in [3.8, 4) is 0 Å². The van der Waals surface area contributed by atoms with Gasteiger partial charge in [0.25, 0.3) is 23.6 Å². The Balaban J connectivity index is 1.28. The molecule has 4 aliphatic heterocycles. The third-order valence-corrected chi connectivity index (χ3v) is 16.0. The van der Waals surface area contributed by atoms with Crippen molar-refractivity contribution >= 4 is 89.5 Å². The highest BCUT2D eigenvalue weighted by Gasteiger charge is 2.43. The molecule has 2 saturated heterocycles. The third kappa shape index (κ3) is 6.38. The Morgan fingerprint density at radius 3 is 1.25 bits per heavy atom.